The second kappa shape index (κ2) is 10.9. The smallest absolute Gasteiger partial charge is 0.400 e. The van der Waals surface area contributed by atoms with Crippen LogP contribution < -0.4 is 29.6 Å². The van der Waals surface area contributed by atoms with Crippen molar-refractivity contribution in [2.24, 2.45) is 0 Å². The van der Waals surface area contributed by atoms with Gasteiger partial charge in [0.15, 0.2) is 0 Å². The Labute approximate surface area is 73.8 Å². The van der Waals surface area contributed by atoms with Gasteiger partial charge in [-0.05, 0) is 0 Å². The van der Waals surface area contributed by atoms with Crippen LogP contribution in [-0.2, 0) is 0 Å². The molecule has 1 rings (SSSR count). The molecule has 1 fully saturated rings. The summed E-state index contributed by atoms with van der Waals surface area (Å²) in [5.41, 5.74) is 0. The first-order chi connectivity index (χ1) is 3.50. The fourth-order valence-electron chi connectivity index (χ4n) is 0.722. The molecule has 0 aliphatic heterocycles. The molecule has 1 aliphatic carbocycles. The summed E-state index contributed by atoms with van der Waals surface area (Å²) in [6, 6.07) is 0. The summed E-state index contributed by atoms with van der Waals surface area (Å²) in [7, 11) is 1.00. The second-order valence-corrected chi connectivity index (χ2v) is 1.57. The van der Waals surface area contributed by atoms with Crippen molar-refractivity contribution in [3.05, 3.63) is 6.42 Å². The van der Waals surface area contributed by atoms with Crippen molar-refractivity contribution < 1.29 is 34.7 Å². The summed E-state index contributed by atoms with van der Waals surface area (Å²) in [4.78, 5) is 0. The van der Waals surface area contributed by atoms with Crippen LogP contribution in [-0.4, -0.2) is 12.2 Å². The molecule has 0 aromatic heterocycles. The Hall–Kier alpha value is 0.960. The minimum absolute atomic E-state index is 0. The van der Waals surface area contributed by atoms with E-state index in [9.17, 15) is 0 Å². The predicted molar refractivity (Wildman–Crippen MR) is 30.9 cm³/mol. The Balaban J connectivity index is 0. The van der Waals surface area contributed by atoms with Gasteiger partial charge in [0.05, 0.1) is 0 Å². The molecule has 1 N–H and O–H groups in total. The van der Waals surface area contributed by atoms with Crippen molar-refractivity contribution in [1.82, 2.24) is 0 Å². The van der Waals surface area contributed by atoms with E-state index in [4.69, 9.17) is 5.11 Å². The molecule has 0 amide bonds. The van der Waals surface area contributed by atoms with Gasteiger partial charge in [0.2, 0.25) is 0 Å². The van der Waals surface area contributed by atoms with Crippen LogP contribution in [0, 0.1) is 6.42 Å². The summed E-state index contributed by atoms with van der Waals surface area (Å²) < 4.78 is 0. The quantitative estimate of drug-likeness (QED) is 0.304. The van der Waals surface area contributed by atoms with Gasteiger partial charge in [-0.2, -0.15) is 12.8 Å². The van der Waals surface area contributed by atoms with Crippen LogP contribution in [0.2, 0.25) is 0 Å². The third-order valence-electron chi connectivity index (χ3n) is 1.07. The van der Waals surface area contributed by atoms with Crippen LogP contribution in [0.25, 0.3) is 0 Å². The Kier molecular flexibility index (Phi) is 15.9. The first kappa shape index (κ1) is 11.7. The van der Waals surface area contributed by atoms with Gasteiger partial charge in [-0.3, -0.25) is 0 Å². The van der Waals surface area contributed by atoms with E-state index in [1.807, 2.05) is 0 Å². The normalized spacial score (nSPS) is 15.8. The number of aliphatic hydroxyl groups excluding tert-OH is 1. The van der Waals surface area contributed by atoms with Crippen LogP contribution in [0.1, 0.15) is 25.7 Å². The molecular weight excluding hydrogens is 111 g/mol. The predicted octanol–water partition coefficient (Wildman–Crippen LogP) is -1.62. The third kappa shape index (κ3) is 6.96. The maximum Gasteiger partial charge on any atom is 1.00 e. The molecule has 1 saturated carbocycles. The summed E-state index contributed by atoms with van der Waals surface area (Å²) in [6.07, 6.45) is 8.00. The largest absolute Gasteiger partial charge is 1.00 e. The Morgan fingerprint density at radius 1 is 1.12 bits per heavy atom. The Morgan fingerprint density at radius 3 is 1.62 bits per heavy atom. The molecule has 8 heavy (non-hydrogen) atoms. The average Bonchev–Trinajstić information content (AvgIpc) is 2.23. The van der Waals surface area contributed by atoms with Gasteiger partial charge in [-0.25, -0.2) is 0 Å². The minimum Gasteiger partial charge on any atom is -0.400 e. The van der Waals surface area contributed by atoms with Gasteiger partial charge >= 0.3 is 29.6 Å². The summed E-state index contributed by atoms with van der Waals surface area (Å²) in [5.74, 6) is 0. The molecular formula is C6H13NaO. The number of hydrogen-bond donors (Lipinski definition) is 1. The minimum atomic E-state index is 0. The maximum atomic E-state index is 7.00. The van der Waals surface area contributed by atoms with E-state index in [-0.39, 0.29) is 29.6 Å². The van der Waals surface area contributed by atoms with E-state index in [0.717, 1.165) is 7.11 Å². The molecule has 1 nitrogen and oxygen atoms in total. The van der Waals surface area contributed by atoms with Gasteiger partial charge in [0.25, 0.3) is 0 Å². The molecule has 0 bridgehead atoms. The standard InChI is InChI=1S/C5H9.CH4O.Na/c1-2-4-5-3-1;1-2;/h1H,2-5H2;2H,1H3;/q-1;;+1. The van der Waals surface area contributed by atoms with Crippen molar-refractivity contribution in [1.29, 1.82) is 0 Å². The van der Waals surface area contributed by atoms with Gasteiger partial charge in [0.1, 0.15) is 0 Å². The van der Waals surface area contributed by atoms with Gasteiger partial charge in [-0.15, -0.1) is 0 Å². The fourth-order valence-corrected chi connectivity index (χ4v) is 0.722. The molecule has 0 unspecified atom stereocenters. The maximum absolute atomic E-state index is 7.00. The van der Waals surface area contributed by atoms with E-state index in [1.54, 1.807) is 0 Å². The van der Waals surface area contributed by atoms with E-state index < -0.39 is 0 Å². The number of hydrogen-bond acceptors (Lipinski definition) is 1. The zero-order valence-corrected chi connectivity index (χ0v) is 7.85. The van der Waals surface area contributed by atoms with Gasteiger partial charge < -0.3 is 11.5 Å². The zero-order chi connectivity index (χ0) is 5.54. The monoisotopic (exact) mass is 124 g/mol. The van der Waals surface area contributed by atoms with Crippen LogP contribution in [0.15, 0.2) is 0 Å². The van der Waals surface area contributed by atoms with Crippen molar-refractivity contribution in [2.45, 2.75) is 25.7 Å². The number of rotatable bonds is 0. The fraction of sp³-hybridized carbons (Fsp3) is 0.833. The summed E-state index contributed by atoms with van der Waals surface area (Å²) >= 11 is 0. The van der Waals surface area contributed by atoms with Crippen LogP contribution >= 0.6 is 0 Å². The average molecular weight is 124 g/mol. The molecule has 0 atom stereocenters. The van der Waals surface area contributed by atoms with Gasteiger partial charge in [-0.1, -0.05) is 12.8 Å². The SMILES string of the molecule is CO.[CH-]1CCCC1.[Na+]. The Morgan fingerprint density at radius 2 is 1.50 bits per heavy atom. The van der Waals surface area contributed by atoms with E-state index in [1.165, 1.54) is 25.7 Å². The molecule has 1 aliphatic rings. The van der Waals surface area contributed by atoms with Crippen LogP contribution in [0.5, 0.6) is 0 Å². The second-order valence-electron chi connectivity index (χ2n) is 1.57. The van der Waals surface area contributed by atoms with E-state index in [0.29, 0.717) is 0 Å². The molecule has 0 aromatic carbocycles. The van der Waals surface area contributed by atoms with Crippen molar-refractivity contribution in [3.63, 3.8) is 0 Å². The molecule has 0 spiro atoms. The van der Waals surface area contributed by atoms with Crippen molar-refractivity contribution in [2.75, 3.05) is 7.11 Å². The molecule has 0 radical (unpaired) electrons. The number of aliphatic hydroxyl groups is 1. The zero-order valence-electron chi connectivity index (χ0n) is 5.85. The van der Waals surface area contributed by atoms with Crippen LogP contribution in [0.4, 0.5) is 0 Å². The third-order valence-corrected chi connectivity index (χ3v) is 1.07. The Bertz CT molecular complexity index is 20.1. The van der Waals surface area contributed by atoms with Crippen molar-refractivity contribution >= 4 is 0 Å². The van der Waals surface area contributed by atoms with E-state index in [2.05, 4.69) is 6.42 Å². The van der Waals surface area contributed by atoms with Gasteiger partial charge in [0, 0.05) is 7.11 Å². The van der Waals surface area contributed by atoms with Crippen LogP contribution in [0.3, 0.4) is 0 Å². The summed E-state index contributed by atoms with van der Waals surface area (Å²) in [5, 5.41) is 7.00. The molecule has 0 saturated heterocycles. The summed E-state index contributed by atoms with van der Waals surface area (Å²) in [6.45, 7) is 0. The molecule has 44 valence electrons. The molecule has 2 heteroatoms. The topological polar surface area (TPSA) is 20.2 Å². The first-order valence-electron chi connectivity index (χ1n) is 2.76. The first-order valence-corrected chi connectivity index (χ1v) is 2.76. The van der Waals surface area contributed by atoms with E-state index >= 15 is 0 Å². The van der Waals surface area contributed by atoms with Crippen molar-refractivity contribution in [3.8, 4) is 0 Å². The molecule has 0 heterocycles. The molecule has 0 aromatic rings.